The molecule has 0 aromatic heterocycles. The number of rotatable bonds is 1. The van der Waals surface area contributed by atoms with E-state index in [4.69, 9.17) is 16.7 Å². The largest absolute Gasteiger partial charge is 0.392 e. The Hall–Kier alpha value is -0.180. The van der Waals surface area contributed by atoms with Crippen molar-refractivity contribution >= 4 is 24.2 Å². The van der Waals surface area contributed by atoms with Gasteiger partial charge in [0.15, 0.2) is 0 Å². The molecule has 1 N–H and O–H groups in total. The number of benzene rings is 1. The number of thiol groups is 1. The molecule has 0 fully saturated rings. The molecule has 0 aliphatic heterocycles. The maximum Gasteiger partial charge on any atom is 0.0693 e. The van der Waals surface area contributed by atoms with E-state index in [0.717, 1.165) is 5.56 Å². The van der Waals surface area contributed by atoms with Gasteiger partial charge in [-0.1, -0.05) is 23.7 Å². The van der Waals surface area contributed by atoms with Crippen molar-refractivity contribution in [2.75, 3.05) is 0 Å². The highest BCUT2D eigenvalue weighted by Crippen LogP contribution is 2.23. The maximum atomic E-state index is 8.74. The second-order valence-corrected chi connectivity index (χ2v) is 2.76. The number of halogens is 1. The first-order valence-corrected chi connectivity index (χ1v) is 3.65. The molecule has 0 bridgehead atoms. The van der Waals surface area contributed by atoms with Gasteiger partial charge < -0.3 is 5.11 Å². The van der Waals surface area contributed by atoms with Crippen molar-refractivity contribution < 1.29 is 5.11 Å². The highest BCUT2D eigenvalue weighted by atomic mass is 35.5. The number of aliphatic hydroxyl groups excluding tert-OH is 1. The minimum absolute atomic E-state index is 0.0145. The molecule has 10 heavy (non-hydrogen) atoms. The van der Waals surface area contributed by atoms with Gasteiger partial charge in [0.05, 0.1) is 11.6 Å². The van der Waals surface area contributed by atoms with Crippen molar-refractivity contribution in [3.63, 3.8) is 0 Å². The van der Waals surface area contributed by atoms with Crippen LogP contribution in [-0.2, 0) is 6.61 Å². The van der Waals surface area contributed by atoms with Crippen LogP contribution >= 0.6 is 24.2 Å². The molecule has 0 radical (unpaired) electrons. The van der Waals surface area contributed by atoms with Gasteiger partial charge in [-0.25, -0.2) is 0 Å². The van der Waals surface area contributed by atoms with Crippen LogP contribution in [0.2, 0.25) is 5.02 Å². The summed E-state index contributed by atoms with van der Waals surface area (Å²) in [6, 6.07) is 5.31. The summed E-state index contributed by atoms with van der Waals surface area (Å²) in [6.07, 6.45) is 0. The molecule has 0 aliphatic rings. The van der Waals surface area contributed by atoms with Gasteiger partial charge in [-0.2, -0.15) is 0 Å². The molecule has 0 amide bonds. The van der Waals surface area contributed by atoms with Gasteiger partial charge in [-0.05, 0) is 11.6 Å². The maximum absolute atomic E-state index is 8.74. The lowest BCUT2D eigenvalue weighted by Gasteiger charge is -2.01. The predicted octanol–water partition coefficient (Wildman–Crippen LogP) is 2.12. The Morgan fingerprint density at radius 1 is 1.50 bits per heavy atom. The Morgan fingerprint density at radius 2 is 2.20 bits per heavy atom. The normalized spacial score (nSPS) is 9.90. The summed E-state index contributed by atoms with van der Waals surface area (Å²) in [4.78, 5) is 0.659. The van der Waals surface area contributed by atoms with Crippen LogP contribution < -0.4 is 0 Å². The average molecular weight is 175 g/mol. The average Bonchev–Trinajstić information content (AvgIpc) is 1.95. The molecule has 1 rings (SSSR count). The molecule has 1 aromatic rings. The van der Waals surface area contributed by atoms with Crippen molar-refractivity contribution in [1.82, 2.24) is 0 Å². The standard InChI is InChI=1S/C7H7ClOS/c8-6-3-1-2-5(4-9)7(6)10/h1-3,9-10H,4H2. The van der Waals surface area contributed by atoms with Gasteiger partial charge in [0.1, 0.15) is 0 Å². The Morgan fingerprint density at radius 3 is 2.70 bits per heavy atom. The molecule has 1 nitrogen and oxygen atoms in total. The second kappa shape index (κ2) is 3.28. The monoisotopic (exact) mass is 174 g/mol. The summed E-state index contributed by atoms with van der Waals surface area (Å²) in [7, 11) is 0. The molecular formula is C7H7ClOS. The van der Waals surface area contributed by atoms with Crippen LogP contribution in [0.15, 0.2) is 23.1 Å². The summed E-state index contributed by atoms with van der Waals surface area (Å²) in [5.41, 5.74) is 0.760. The summed E-state index contributed by atoms with van der Waals surface area (Å²) in [6.45, 7) is -0.0145. The third kappa shape index (κ3) is 1.45. The SMILES string of the molecule is OCc1cccc(Cl)c1S. The molecule has 0 heterocycles. The van der Waals surface area contributed by atoms with Crippen LogP contribution in [0.5, 0.6) is 0 Å². The van der Waals surface area contributed by atoms with Crippen molar-refractivity contribution in [3.8, 4) is 0 Å². The van der Waals surface area contributed by atoms with Crippen LogP contribution in [-0.4, -0.2) is 5.11 Å². The topological polar surface area (TPSA) is 20.2 Å². The van der Waals surface area contributed by atoms with E-state index in [-0.39, 0.29) is 6.61 Å². The third-order valence-corrected chi connectivity index (χ3v) is 2.22. The Balaban J connectivity index is 3.14. The van der Waals surface area contributed by atoms with E-state index in [1.807, 2.05) is 0 Å². The van der Waals surface area contributed by atoms with Gasteiger partial charge >= 0.3 is 0 Å². The molecule has 1 aromatic carbocycles. The van der Waals surface area contributed by atoms with E-state index in [0.29, 0.717) is 9.92 Å². The van der Waals surface area contributed by atoms with Gasteiger partial charge in [0, 0.05) is 4.90 Å². The van der Waals surface area contributed by atoms with E-state index in [1.54, 1.807) is 18.2 Å². The number of hydrogen-bond acceptors (Lipinski definition) is 2. The molecule has 54 valence electrons. The molecule has 0 aliphatic carbocycles. The zero-order valence-corrected chi connectivity index (χ0v) is 6.86. The number of hydrogen-bond donors (Lipinski definition) is 2. The van der Waals surface area contributed by atoms with E-state index >= 15 is 0 Å². The Bertz CT molecular complexity index is 237. The first-order chi connectivity index (χ1) is 4.75. The van der Waals surface area contributed by atoms with Crippen LogP contribution in [0.4, 0.5) is 0 Å². The summed E-state index contributed by atoms with van der Waals surface area (Å²) in [5, 5.41) is 9.31. The quantitative estimate of drug-likeness (QED) is 0.625. The Kier molecular flexibility index (Phi) is 2.60. The summed E-state index contributed by atoms with van der Waals surface area (Å²) >= 11 is 9.80. The Labute approximate surface area is 70.0 Å². The fourth-order valence-corrected chi connectivity index (χ4v) is 1.10. The van der Waals surface area contributed by atoms with Crippen molar-refractivity contribution in [3.05, 3.63) is 28.8 Å². The zero-order valence-electron chi connectivity index (χ0n) is 5.21. The van der Waals surface area contributed by atoms with Gasteiger partial charge in [-0.15, -0.1) is 12.6 Å². The van der Waals surface area contributed by atoms with E-state index in [2.05, 4.69) is 12.6 Å². The minimum atomic E-state index is -0.0145. The fraction of sp³-hybridized carbons (Fsp3) is 0.143. The van der Waals surface area contributed by atoms with Crippen molar-refractivity contribution in [1.29, 1.82) is 0 Å². The van der Waals surface area contributed by atoms with E-state index in [9.17, 15) is 0 Å². The second-order valence-electron chi connectivity index (χ2n) is 1.91. The fourth-order valence-electron chi connectivity index (χ4n) is 0.688. The zero-order chi connectivity index (χ0) is 7.56. The van der Waals surface area contributed by atoms with Crippen LogP contribution in [0, 0.1) is 0 Å². The van der Waals surface area contributed by atoms with Crippen LogP contribution in [0.3, 0.4) is 0 Å². The van der Waals surface area contributed by atoms with Gasteiger partial charge in [-0.3, -0.25) is 0 Å². The lowest BCUT2D eigenvalue weighted by Crippen LogP contribution is -1.84. The molecule has 0 saturated heterocycles. The highest BCUT2D eigenvalue weighted by Gasteiger charge is 1.99. The first kappa shape index (κ1) is 7.92. The lowest BCUT2D eigenvalue weighted by molar-refractivity contribution is 0.279. The van der Waals surface area contributed by atoms with Crippen LogP contribution in [0.1, 0.15) is 5.56 Å². The molecule has 0 saturated carbocycles. The highest BCUT2D eigenvalue weighted by molar-refractivity contribution is 7.80. The molecule has 0 spiro atoms. The summed E-state index contributed by atoms with van der Waals surface area (Å²) < 4.78 is 0. The van der Waals surface area contributed by atoms with E-state index < -0.39 is 0 Å². The smallest absolute Gasteiger partial charge is 0.0693 e. The third-order valence-electron chi connectivity index (χ3n) is 1.24. The van der Waals surface area contributed by atoms with Gasteiger partial charge in [0.25, 0.3) is 0 Å². The lowest BCUT2D eigenvalue weighted by atomic mass is 10.2. The van der Waals surface area contributed by atoms with Crippen molar-refractivity contribution in [2.24, 2.45) is 0 Å². The molecule has 3 heteroatoms. The van der Waals surface area contributed by atoms with Gasteiger partial charge in [0.2, 0.25) is 0 Å². The van der Waals surface area contributed by atoms with Crippen LogP contribution in [0.25, 0.3) is 0 Å². The minimum Gasteiger partial charge on any atom is -0.392 e. The van der Waals surface area contributed by atoms with Crippen molar-refractivity contribution in [2.45, 2.75) is 11.5 Å². The molecular weight excluding hydrogens is 168 g/mol. The number of aliphatic hydroxyl groups is 1. The molecule has 0 atom stereocenters. The first-order valence-electron chi connectivity index (χ1n) is 2.83. The predicted molar refractivity (Wildman–Crippen MR) is 44.6 cm³/mol. The van der Waals surface area contributed by atoms with E-state index in [1.165, 1.54) is 0 Å². The summed E-state index contributed by atoms with van der Waals surface area (Å²) in [5.74, 6) is 0. The molecule has 0 unspecified atom stereocenters.